The van der Waals surface area contributed by atoms with Crippen LogP contribution in [0.5, 0.6) is 11.5 Å². The third-order valence-electron chi connectivity index (χ3n) is 5.99. The van der Waals surface area contributed by atoms with Crippen molar-refractivity contribution in [2.75, 3.05) is 36.3 Å². The summed E-state index contributed by atoms with van der Waals surface area (Å²) in [4.78, 5) is 47.9. The summed E-state index contributed by atoms with van der Waals surface area (Å²) in [5, 5.41) is 5.43. The SMILES string of the molecule is COc1ccc(OC)c(NC(=O)[C@@H]2CC(=O)Nc3nc(N4CCCC[C@@H]4C)[nH]c(=O)c32)c1. The first-order chi connectivity index (χ1) is 15.4. The number of anilines is 3. The number of piperidine rings is 1. The minimum atomic E-state index is -0.987. The minimum absolute atomic E-state index is 0.135. The van der Waals surface area contributed by atoms with E-state index < -0.39 is 17.4 Å². The zero-order valence-electron chi connectivity index (χ0n) is 18.4. The molecular formula is C22H27N5O5. The molecule has 0 bridgehead atoms. The lowest BCUT2D eigenvalue weighted by Gasteiger charge is -2.34. The molecule has 1 fully saturated rings. The molecule has 1 aromatic carbocycles. The van der Waals surface area contributed by atoms with Crippen LogP contribution in [-0.4, -0.2) is 48.6 Å². The van der Waals surface area contributed by atoms with Crippen molar-refractivity contribution in [3.8, 4) is 11.5 Å². The van der Waals surface area contributed by atoms with Crippen molar-refractivity contribution in [1.82, 2.24) is 9.97 Å². The minimum Gasteiger partial charge on any atom is -0.497 e. The monoisotopic (exact) mass is 441 g/mol. The first-order valence-electron chi connectivity index (χ1n) is 10.6. The van der Waals surface area contributed by atoms with Gasteiger partial charge in [0.25, 0.3) is 5.56 Å². The molecule has 3 heterocycles. The van der Waals surface area contributed by atoms with Gasteiger partial charge in [-0.25, -0.2) is 0 Å². The van der Waals surface area contributed by atoms with E-state index in [-0.39, 0.29) is 29.8 Å². The van der Waals surface area contributed by atoms with Crippen LogP contribution in [0, 0.1) is 0 Å². The Bertz CT molecular complexity index is 1100. The maximum Gasteiger partial charge on any atom is 0.258 e. The van der Waals surface area contributed by atoms with Gasteiger partial charge in [0.1, 0.15) is 17.3 Å². The number of carbonyl (C=O) groups excluding carboxylic acids is 2. The molecular weight excluding hydrogens is 414 g/mol. The smallest absolute Gasteiger partial charge is 0.258 e. The predicted molar refractivity (Wildman–Crippen MR) is 120 cm³/mol. The number of aromatic nitrogens is 2. The number of nitrogens with one attached hydrogen (secondary N) is 3. The number of hydrogen-bond acceptors (Lipinski definition) is 7. The van der Waals surface area contributed by atoms with Gasteiger partial charge in [-0.1, -0.05) is 0 Å². The first-order valence-corrected chi connectivity index (χ1v) is 10.6. The van der Waals surface area contributed by atoms with Crippen molar-refractivity contribution in [3.05, 3.63) is 34.1 Å². The molecule has 2 aliphatic heterocycles. The van der Waals surface area contributed by atoms with Crippen molar-refractivity contribution in [1.29, 1.82) is 0 Å². The molecule has 3 N–H and O–H groups in total. The van der Waals surface area contributed by atoms with E-state index in [1.807, 2.05) is 4.90 Å². The van der Waals surface area contributed by atoms with Gasteiger partial charge in [0.2, 0.25) is 17.8 Å². The molecule has 0 spiro atoms. The van der Waals surface area contributed by atoms with Crippen LogP contribution in [0.1, 0.15) is 44.1 Å². The van der Waals surface area contributed by atoms with Gasteiger partial charge in [0, 0.05) is 25.1 Å². The Morgan fingerprint density at radius 2 is 2.03 bits per heavy atom. The first kappa shape index (κ1) is 21.7. The van der Waals surface area contributed by atoms with E-state index in [2.05, 4.69) is 27.5 Å². The van der Waals surface area contributed by atoms with Crippen LogP contribution in [0.3, 0.4) is 0 Å². The van der Waals surface area contributed by atoms with Gasteiger partial charge >= 0.3 is 0 Å². The lowest BCUT2D eigenvalue weighted by atomic mass is 9.92. The van der Waals surface area contributed by atoms with Gasteiger partial charge < -0.3 is 25.0 Å². The second-order valence-electron chi connectivity index (χ2n) is 8.05. The highest BCUT2D eigenvalue weighted by molar-refractivity contribution is 6.05. The molecule has 2 atom stereocenters. The molecule has 10 nitrogen and oxygen atoms in total. The molecule has 32 heavy (non-hydrogen) atoms. The lowest BCUT2D eigenvalue weighted by Crippen LogP contribution is -2.42. The van der Waals surface area contributed by atoms with Crippen molar-refractivity contribution >= 4 is 29.3 Å². The molecule has 0 radical (unpaired) electrons. The number of nitrogens with zero attached hydrogens (tertiary/aromatic N) is 2. The van der Waals surface area contributed by atoms with Crippen LogP contribution in [0.2, 0.25) is 0 Å². The summed E-state index contributed by atoms with van der Waals surface area (Å²) >= 11 is 0. The molecule has 1 aromatic heterocycles. The molecule has 0 unspecified atom stereocenters. The number of benzene rings is 1. The van der Waals surface area contributed by atoms with Crippen molar-refractivity contribution in [2.24, 2.45) is 0 Å². The molecule has 4 rings (SSSR count). The third-order valence-corrected chi connectivity index (χ3v) is 5.99. The summed E-state index contributed by atoms with van der Waals surface area (Å²) < 4.78 is 10.5. The summed E-state index contributed by atoms with van der Waals surface area (Å²) in [7, 11) is 3.00. The Morgan fingerprint density at radius 1 is 1.22 bits per heavy atom. The molecule has 1 saturated heterocycles. The summed E-state index contributed by atoms with van der Waals surface area (Å²) in [5.41, 5.74) is 0.102. The standard InChI is InChI=1S/C22H27N5O5/c1-12-6-4-5-9-27(12)22-25-19-18(21(30)26-22)14(11-17(28)24-19)20(29)23-15-10-13(31-2)7-8-16(15)32-3/h7-8,10,12,14H,4-6,9,11H2,1-3H3,(H,23,29)(H2,24,25,26,28,30)/t12-,14+/m0/s1. The van der Waals surface area contributed by atoms with Gasteiger partial charge in [0.05, 0.1) is 31.4 Å². The fourth-order valence-corrected chi connectivity index (χ4v) is 4.26. The maximum atomic E-state index is 13.2. The number of methoxy groups -OCH3 is 2. The number of rotatable bonds is 5. The average Bonchev–Trinajstić information content (AvgIpc) is 2.78. The molecule has 10 heteroatoms. The number of ether oxygens (including phenoxy) is 2. The Labute approximate surface area is 185 Å². The zero-order chi connectivity index (χ0) is 22.8. The van der Waals surface area contributed by atoms with Gasteiger partial charge in [0.15, 0.2) is 0 Å². The quantitative estimate of drug-likeness (QED) is 0.650. The molecule has 2 aliphatic rings. The topological polar surface area (TPSA) is 126 Å². The molecule has 0 aliphatic carbocycles. The van der Waals surface area contributed by atoms with Crippen molar-refractivity contribution < 1.29 is 19.1 Å². The van der Waals surface area contributed by atoms with Crippen LogP contribution in [0.25, 0.3) is 0 Å². The highest BCUT2D eigenvalue weighted by Gasteiger charge is 2.36. The number of H-pyrrole nitrogens is 1. The Hall–Kier alpha value is -3.56. The summed E-state index contributed by atoms with van der Waals surface area (Å²) in [6, 6.07) is 5.21. The molecule has 2 aromatic rings. The van der Waals surface area contributed by atoms with Crippen LogP contribution in [0.15, 0.2) is 23.0 Å². The number of aromatic amines is 1. The highest BCUT2D eigenvalue weighted by atomic mass is 16.5. The summed E-state index contributed by atoms with van der Waals surface area (Å²) in [6.45, 7) is 2.85. The van der Waals surface area contributed by atoms with E-state index in [0.717, 1.165) is 25.8 Å². The van der Waals surface area contributed by atoms with Crippen molar-refractivity contribution in [2.45, 2.75) is 44.6 Å². The van der Waals surface area contributed by atoms with E-state index in [1.54, 1.807) is 18.2 Å². The molecule has 0 saturated carbocycles. The van der Waals surface area contributed by atoms with Crippen molar-refractivity contribution in [3.63, 3.8) is 0 Å². The van der Waals surface area contributed by atoms with E-state index in [4.69, 9.17) is 9.47 Å². The predicted octanol–water partition coefficient (Wildman–Crippen LogP) is 2.23. The zero-order valence-corrected chi connectivity index (χ0v) is 18.4. The summed E-state index contributed by atoms with van der Waals surface area (Å²) in [5.74, 6) is -0.347. The van der Waals surface area contributed by atoms with Crippen LogP contribution in [-0.2, 0) is 9.59 Å². The molecule has 170 valence electrons. The van der Waals surface area contributed by atoms with Crippen LogP contribution in [0.4, 0.5) is 17.5 Å². The largest absolute Gasteiger partial charge is 0.497 e. The highest BCUT2D eigenvalue weighted by Crippen LogP contribution is 2.34. The van der Waals surface area contributed by atoms with Crippen LogP contribution < -0.4 is 30.6 Å². The summed E-state index contributed by atoms with van der Waals surface area (Å²) in [6.07, 6.45) is 2.97. The van der Waals surface area contributed by atoms with Gasteiger partial charge in [-0.15, -0.1) is 0 Å². The Morgan fingerprint density at radius 3 is 2.75 bits per heavy atom. The lowest BCUT2D eigenvalue weighted by molar-refractivity contribution is -0.123. The average molecular weight is 441 g/mol. The maximum absolute atomic E-state index is 13.2. The second kappa shape index (κ2) is 8.89. The van der Waals surface area contributed by atoms with Gasteiger partial charge in [-0.3, -0.25) is 19.4 Å². The number of fused-ring (bicyclic) bond motifs is 1. The van der Waals surface area contributed by atoms with Gasteiger partial charge in [-0.05, 0) is 38.3 Å². The van der Waals surface area contributed by atoms with E-state index >= 15 is 0 Å². The third kappa shape index (κ3) is 4.12. The number of hydrogen-bond donors (Lipinski definition) is 3. The van der Waals surface area contributed by atoms with Gasteiger partial charge in [-0.2, -0.15) is 4.98 Å². The van der Waals surface area contributed by atoms with E-state index in [9.17, 15) is 14.4 Å². The number of amides is 2. The van der Waals surface area contributed by atoms with E-state index in [0.29, 0.717) is 23.1 Å². The molecule has 2 amide bonds. The Kier molecular flexibility index (Phi) is 6.02. The number of carbonyl (C=O) groups is 2. The second-order valence-corrected chi connectivity index (χ2v) is 8.05. The fourth-order valence-electron chi connectivity index (χ4n) is 4.26. The fraction of sp³-hybridized carbons (Fsp3) is 0.455. The van der Waals surface area contributed by atoms with E-state index in [1.165, 1.54) is 14.2 Å². The normalized spacial score (nSPS) is 20.2. The van der Waals surface area contributed by atoms with Crippen LogP contribution >= 0.6 is 0 Å². The Balaban J connectivity index is 1.67.